The number of ether oxygens (including phenoxy) is 4. The number of hydrogen-bond donors (Lipinski definition) is 1. The van der Waals surface area contributed by atoms with Crippen LogP contribution in [0.2, 0.25) is 0 Å². The largest absolute Gasteiger partial charge is 0.465 e. The van der Waals surface area contributed by atoms with E-state index in [1.165, 1.54) is 51.4 Å². The molecule has 0 saturated heterocycles. The van der Waals surface area contributed by atoms with E-state index in [2.05, 4.69) is 51.3 Å². The van der Waals surface area contributed by atoms with Crippen LogP contribution >= 0.6 is 0 Å². The molecule has 0 aliphatic rings. The number of unbranched alkanes of at least 4 members (excludes halogenated alkanes) is 19. The topological polar surface area (TPSA) is 132 Å². The van der Waals surface area contributed by atoms with Gasteiger partial charge in [0.2, 0.25) is 0 Å². The highest BCUT2D eigenvalue weighted by Gasteiger charge is 2.18. The normalized spacial score (nSPS) is 11.7. The van der Waals surface area contributed by atoms with Gasteiger partial charge in [-0.25, -0.2) is 0 Å². The summed E-state index contributed by atoms with van der Waals surface area (Å²) in [5.41, 5.74) is 0. The molecule has 66 heavy (non-hydrogen) atoms. The molecule has 0 fully saturated rings. The van der Waals surface area contributed by atoms with Crippen LogP contribution < -0.4 is 0 Å². The second kappa shape index (κ2) is 47.8. The standard InChI is InChI=1S/C55H106N2O9/c1-7-11-15-19-23-35-52(59)63-45-50(46-64-53(60)36-24-20-16-12-8-2)33-27-29-39-56(43-44-58)40-31-32-42-57(49(5)6)41-30-28-34-51(47-65-54(61)37-25-21-17-13-9-3)48-66-55(62)38-26-22-18-14-10-4/h49-51,58H,7-48H2,1-6H3. The van der Waals surface area contributed by atoms with Crippen molar-refractivity contribution in [3.8, 4) is 0 Å². The van der Waals surface area contributed by atoms with Gasteiger partial charge in [-0.3, -0.25) is 19.2 Å². The average molecular weight is 939 g/mol. The van der Waals surface area contributed by atoms with E-state index in [1.54, 1.807) is 0 Å². The van der Waals surface area contributed by atoms with E-state index in [9.17, 15) is 24.3 Å². The average Bonchev–Trinajstić information content (AvgIpc) is 3.30. The number of rotatable bonds is 50. The number of esters is 4. The van der Waals surface area contributed by atoms with Gasteiger partial charge in [0.05, 0.1) is 33.0 Å². The molecule has 11 nitrogen and oxygen atoms in total. The molecule has 0 atom stereocenters. The summed E-state index contributed by atoms with van der Waals surface area (Å²) >= 11 is 0. The van der Waals surface area contributed by atoms with Crippen molar-refractivity contribution in [3.05, 3.63) is 0 Å². The maximum absolute atomic E-state index is 12.5. The number of aliphatic hydroxyl groups excluding tert-OH is 1. The second-order valence-electron chi connectivity index (χ2n) is 19.5. The predicted molar refractivity (Wildman–Crippen MR) is 271 cm³/mol. The summed E-state index contributed by atoms with van der Waals surface area (Å²) in [6.07, 6.45) is 31.2. The fraction of sp³-hybridized carbons (Fsp3) is 0.927. The Balaban J connectivity index is 4.93. The molecule has 0 saturated carbocycles. The SMILES string of the molecule is CCCCCCCC(=O)OCC(CCCCN(CCO)CCCCN(CCCCC(COC(=O)CCCCCCC)COC(=O)CCCCCCC)C(C)C)COC(=O)CCCCCCC. The van der Waals surface area contributed by atoms with Crippen LogP contribution in [0.3, 0.4) is 0 Å². The third kappa shape index (κ3) is 41.9. The van der Waals surface area contributed by atoms with Gasteiger partial charge in [-0.05, 0) is 104 Å². The Labute approximate surface area is 406 Å². The van der Waals surface area contributed by atoms with Crippen molar-refractivity contribution < 1.29 is 43.2 Å². The third-order valence-electron chi connectivity index (χ3n) is 12.8. The molecule has 11 heteroatoms. The Bertz CT molecular complexity index is 1060. The smallest absolute Gasteiger partial charge is 0.305 e. The summed E-state index contributed by atoms with van der Waals surface area (Å²) in [4.78, 5) is 55.0. The molecule has 0 aliphatic carbocycles. The lowest BCUT2D eigenvalue weighted by Crippen LogP contribution is -2.34. The van der Waals surface area contributed by atoms with E-state index >= 15 is 0 Å². The molecule has 0 aromatic carbocycles. The Morgan fingerprint density at radius 2 is 0.667 bits per heavy atom. The molecule has 0 heterocycles. The highest BCUT2D eigenvalue weighted by atomic mass is 16.6. The van der Waals surface area contributed by atoms with E-state index < -0.39 is 0 Å². The third-order valence-corrected chi connectivity index (χ3v) is 12.8. The van der Waals surface area contributed by atoms with Gasteiger partial charge in [-0.1, -0.05) is 143 Å². The number of carbonyl (C=O) groups is 4. The van der Waals surface area contributed by atoms with Crippen LogP contribution in [0.25, 0.3) is 0 Å². The Kier molecular flexibility index (Phi) is 46.2. The predicted octanol–water partition coefficient (Wildman–Crippen LogP) is 13.0. The van der Waals surface area contributed by atoms with E-state index in [1.807, 2.05) is 0 Å². The lowest BCUT2D eigenvalue weighted by atomic mass is 10.0. The zero-order valence-corrected chi connectivity index (χ0v) is 44.0. The molecule has 1 N–H and O–H groups in total. The number of hydrogen-bond acceptors (Lipinski definition) is 11. The van der Waals surface area contributed by atoms with Crippen LogP contribution in [0, 0.1) is 11.8 Å². The van der Waals surface area contributed by atoms with Crippen molar-refractivity contribution in [2.24, 2.45) is 11.8 Å². The Hall–Kier alpha value is -2.24. The molecule has 0 amide bonds. The molecule has 0 aromatic rings. The summed E-state index contributed by atoms with van der Waals surface area (Å²) in [5, 5.41) is 9.86. The zero-order valence-electron chi connectivity index (χ0n) is 44.0. The van der Waals surface area contributed by atoms with Gasteiger partial charge in [-0.15, -0.1) is 0 Å². The summed E-state index contributed by atoms with van der Waals surface area (Å²) in [6, 6.07) is 0.425. The first kappa shape index (κ1) is 63.8. The molecule has 0 rings (SSSR count). The molecule has 0 radical (unpaired) electrons. The van der Waals surface area contributed by atoms with Gasteiger partial charge in [0.25, 0.3) is 0 Å². The van der Waals surface area contributed by atoms with E-state index in [0.29, 0.717) is 51.5 Å². The van der Waals surface area contributed by atoms with Gasteiger partial charge in [-0.2, -0.15) is 0 Å². The van der Waals surface area contributed by atoms with Gasteiger partial charge in [0.1, 0.15) is 0 Å². The molecular weight excluding hydrogens is 833 g/mol. The number of aliphatic hydroxyl groups is 1. The van der Waals surface area contributed by atoms with Gasteiger partial charge in [0, 0.05) is 50.1 Å². The summed E-state index contributed by atoms with van der Waals surface area (Å²) < 4.78 is 22.8. The minimum atomic E-state index is -0.158. The molecular formula is C55H106N2O9. The summed E-state index contributed by atoms with van der Waals surface area (Å²) in [7, 11) is 0. The molecule has 0 bridgehead atoms. The highest BCUT2D eigenvalue weighted by molar-refractivity contribution is 5.70. The quantitative estimate of drug-likeness (QED) is 0.0355. The molecule has 0 aliphatic heterocycles. The first-order valence-corrected chi connectivity index (χ1v) is 27.8. The van der Waals surface area contributed by atoms with Crippen molar-refractivity contribution in [2.45, 2.75) is 253 Å². The van der Waals surface area contributed by atoms with Crippen LogP contribution in [-0.4, -0.2) is 111 Å². The summed E-state index contributed by atoms with van der Waals surface area (Å²) in [5.74, 6) is -0.617. The minimum Gasteiger partial charge on any atom is -0.465 e. The minimum absolute atomic E-state index is 0.00820. The summed E-state index contributed by atoms with van der Waals surface area (Å²) in [6.45, 7) is 19.0. The Morgan fingerprint density at radius 1 is 0.379 bits per heavy atom. The maximum atomic E-state index is 12.5. The number of nitrogens with zero attached hydrogens (tertiary/aromatic N) is 2. The van der Waals surface area contributed by atoms with E-state index in [-0.39, 0.29) is 55.5 Å². The van der Waals surface area contributed by atoms with Crippen molar-refractivity contribution in [3.63, 3.8) is 0 Å². The number of carbonyl (C=O) groups excluding carboxylic acids is 4. The fourth-order valence-corrected chi connectivity index (χ4v) is 8.32. The van der Waals surface area contributed by atoms with Gasteiger partial charge >= 0.3 is 23.9 Å². The molecule has 390 valence electrons. The van der Waals surface area contributed by atoms with E-state index in [4.69, 9.17) is 18.9 Å². The first-order valence-electron chi connectivity index (χ1n) is 27.8. The monoisotopic (exact) mass is 939 g/mol. The van der Waals surface area contributed by atoms with Crippen molar-refractivity contribution in [2.75, 3.05) is 65.8 Å². The Morgan fingerprint density at radius 3 is 0.970 bits per heavy atom. The highest BCUT2D eigenvalue weighted by Crippen LogP contribution is 2.17. The molecule has 0 unspecified atom stereocenters. The van der Waals surface area contributed by atoms with E-state index in [0.717, 1.165) is 155 Å². The van der Waals surface area contributed by atoms with Crippen molar-refractivity contribution >= 4 is 23.9 Å². The van der Waals surface area contributed by atoms with Crippen LogP contribution in [0.1, 0.15) is 247 Å². The van der Waals surface area contributed by atoms with Gasteiger partial charge in [0.15, 0.2) is 0 Å². The molecule has 0 aromatic heterocycles. The lowest BCUT2D eigenvalue weighted by Gasteiger charge is -2.27. The van der Waals surface area contributed by atoms with Crippen molar-refractivity contribution in [1.82, 2.24) is 9.80 Å². The first-order chi connectivity index (χ1) is 32.1. The maximum Gasteiger partial charge on any atom is 0.305 e. The van der Waals surface area contributed by atoms with Crippen molar-refractivity contribution in [1.29, 1.82) is 0 Å². The lowest BCUT2D eigenvalue weighted by molar-refractivity contribution is -0.151. The molecule has 0 spiro atoms. The van der Waals surface area contributed by atoms with Gasteiger partial charge < -0.3 is 33.9 Å². The van der Waals surface area contributed by atoms with Crippen LogP contribution in [-0.2, 0) is 38.1 Å². The van der Waals surface area contributed by atoms with Crippen LogP contribution in [0.4, 0.5) is 0 Å². The fourth-order valence-electron chi connectivity index (χ4n) is 8.32. The zero-order chi connectivity index (χ0) is 48.7. The van der Waals surface area contributed by atoms with Crippen LogP contribution in [0.5, 0.6) is 0 Å². The van der Waals surface area contributed by atoms with Crippen LogP contribution in [0.15, 0.2) is 0 Å². The second-order valence-corrected chi connectivity index (χ2v) is 19.5.